The van der Waals surface area contributed by atoms with Gasteiger partial charge in [-0.3, -0.25) is 4.79 Å². The molecule has 0 radical (unpaired) electrons. The molecule has 2 bridgehead atoms. The SMILES string of the molecule is O=C(OC(F)F)C12CC(C1)C2. The van der Waals surface area contributed by atoms with Crippen LogP contribution in [0.15, 0.2) is 0 Å². The number of hydrogen-bond donors (Lipinski definition) is 0. The monoisotopic (exact) mass is 162 g/mol. The van der Waals surface area contributed by atoms with E-state index in [4.69, 9.17) is 0 Å². The zero-order chi connectivity index (χ0) is 8.06. The molecular weight excluding hydrogens is 154 g/mol. The summed E-state index contributed by atoms with van der Waals surface area (Å²) in [7, 11) is 0. The second-order valence-electron chi connectivity index (χ2n) is 3.42. The summed E-state index contributed by atoms with van der Waals surface area (Å²) in [5, 5.41) is 0. The fraction of sp³-hybridized carbons (Fsp3) is 0.857. The van der Waals surface area contributed by atoms with Crippen molar-refractivity contribution in [3.63, 3.8) is 0 Å². The molecule has 0 spiro atoms. The van der Waals surface area contributed by atoms with Crippen molar-refractivity contribution in [3.05, 3.63) is 0 Å². The highest BCUT2D eigenvalue weighted by molar-refractivity contribution is 5.80. The maximum absolute atomic E-state index is 11.6. The van der Waals surface area contributed by atoms with Gasteiger partial charge >= 0.3 is 12.6 Å². The molecule has 0 atom stereocenters. The van der Waals surface area contributed by atoms with Crippen molar-refractivity contribution in [2.24, 2.45) is 11.3 Å². The van der Waals surface area contributed by atoms with E-state index in [1.165, 1.54) is 0 Å². The second-order valence-corrected chi connectivity index (χ2v) is 3.42. The van der Waals surface area contributed by atoms with Crippen molar-refractivity contribution in [3.8, 4) is 0 Å². The quantitative estimate of drug-likeness (QED) is 0.576. The molecule has 11 heavy (non-hydrogen) atoms. The van der Waals surface area contributed by atoms with E-state index in [9.17, 15) is 13.6 Å². The summed E-state index contributed by atoms with van der Waals surface area (Å²) >= 11 is 0. The Morgan fingerprint density at radius 2 is 2.00 bits per heavy atom. The van der Waals surface area contributed by atoms with Crippen LogP contribution in [0.5, 0.6) is 0 Å². The molecule has 0 amide bonds. The molecule has 0 saturated heterocycles. The summed E-state index contributed by atoms with van der Waals surface area (Å²) in [6, 6.07) is 0. The van der Waals surface area contributed by atoms with Crippen LogP contribution >= 0.6 is 0 Å². The lowest BCUT2D eigenvalue weighted by Gasteiger charge is -2.59. The molecule has 0 aromatic carbocycles. The molecule has 0 aliphatic heterocycles. The molecule has 62 valence electrons. The van der Waals surface area contributed by atoms with Crippen molar-refractivity contribution in [2.45, 2.75) is 25.9 Å². The number of alkyl halides is 2. The van der Waals surface area contributed by atoms with E-state index in [1.807, 2.05) is 0 Å². The summed E-state index contributed by atoms with van der Waals surface area (Å²) < 4.78 is 26.9. The van der Waals surface area contributed by atoms with Crippen LogP contribution in [-0.2, 0) is 9.53 Å². The Balaban J connectivity index is 1.90. The van der Waals surface area contributed by atoms with Crippen molar-refractivity contribution in [1.29, 1.82) is 0 Å². The van der Waals surface area contributed by atoms with Gasteiger partial charge < -0.3 is 4.74 Å². The molecular formula is C7H8F2O2. The van der Waals surface area contributed by atoms with Crippen molar-refractivity contribution in [2.75, 3.05) is 0 Å². The molecule has 3 rings (SSSR count). The number of rotatable bonds is 2. The van der Waals surface area contributed by atoms with Crippen LogP contribution in [0, 0.1) is 11.3 Å². The molecule has 2 nitrogen and oxygen atoms in total. The fourth-order valence-electron chi connectivity index (χ4n) is 1.93. The van der Waals surface area contributed by atoms with Crippen LogP contribution in [0.1, 0.15) is 19.3 Å². The van der Waals surface area contributed by atoms with E-state index in [0.717, 1.165) is 19.3 Å². The lowest BCUT2D eigenvalue weighted by Crippen LogP contribution is -2.57. The minimum atomic E-state index is -2.95. The van der Waals surface area contributed by atoms with Crippen LogP contribution < -0.4 is 0 Å². The summed E-state index contributed by atoms with van der Waals surface area (Å²) in [6.07, 6.45) is 2.29. The van der Waals surface area contributed by atoms with Crippen LogP contribution in [0.4, 0.5) is 8.78 Å². The van der Waals surface area contributed by atoms with E-state index in [2.05, 4.69) is 4.74 Å². The second kappa shape index (κ2) is 1.93. The predicted octanol–water partition coefficient (Wildman–Crippen LogP) is 1.55. The summed E-state index contributed by atoms with van der Waals surface area (Å²) in [6.45, 7) is -2.95. The summed E-state index contributed by atoms with van der Waals surface area (Å²) in [4.78, 5) is 10.9. The maximum Gasteiger partial charge on any atom is 0.389 e. The highest BCUT2D eigenvalue weighted by atomic mass is 19.3. The minimum absolute atomic E-state index is 0.485. The normalized spacial score (nSPS) is 39.4. The third kappa shape index (κ3) is 0.847. The number of carbonyl (C=O) groups is 1. The van der Waals surface area contributed by atoms with Gasteiger partial charge in [0.05, 0.1) is 5.41 Å². The first-order valence-electron chi connectivity index (χ1n) is 3.62. The van der Waals surface area contributed by atoms with Crippen molar-refractivity contribution < 1.29 is 18.3 Å². The Hall–Kier alpha value is -0.670. The average molecular weight is 162 g/mol. The van der Waals surface area contributed by atoms with Crippen LogP contribution in [0.25, 0.3) is 0 Å². The fourth-order valence-corrected chi connectivity index (χ4v) is 1.93. The molecule has 3 aliphatic rings. The number of ether oxygens (including phenoxy) is 1. The summed E-state index contributed by atoms with van der Waals surface area (Å²) in [5.41, 5.74) is -0.485. The first kappa shape index (κ1) is 7.00. The zero-order valence-corrected chi connectivity index (χ0v) is 5.85. The Labute approximate surface area is 62.5 Å². The van der Waals surface area contributed by atoms with Gasteiger partial charge in [-0.05, 0) is 25.2 Å². The van der Waals surface area contributed by atoms with E-state index in [-0.39, 0.29) is 0 Å². The molecule has 0 heterocycles. The van der Waals surface area contributed by atoms with Gasteiger partial charge in [-0.25, -0.2) is 0 Å². The molecule has 3 aliphatic carbocycles. The number of hydrogen-bond acceptors (Lipinski definition) is 2. The Bertz CT molecular complexity index is 186. The number of carbonyl (C=O) groups excluding carboxylic acids is 1. The van der Waals surface area contributed by atoms with E-state index < -0.39 is 18.0 Å². The van der Waals surface area contributed by atoms with Gasteiger partial charge in [-0.15, -0.1) is 0 Å². The molecule has 0 N–H and O–H groups in total. The lowest BCUT2D eigenvalue weighted by molar-refractivity contribution is -0.218. The van der Waals surface area contributed by atoms with Crippen molar-refractivity contribution in [1.82, 2.24) is 0 Å². The maximum atomic E-state index is 11.6. The molecule has 3 fully saturated rings. The van der Waals surface area contributed by atoms with Crippen molar-refractivity contribution >= 4 is 5.97 Å². The number of halogens is 2. The first-order valence-corrected chi connectivity index (χ1v) is 3.62. The zero-order valence-electron chi connectivity index (χ0n) is 5.85. The molecule has 0 aromatic rings. The third-order valence-corrected chi connectivity index (χ3v) is 2.67. The van der Waals surface area contributed by atoms with Gasteiger partial charge in [0.2, 0.25) is 0 Å². The topological polar surface area (TPSA) is 26.3 Å². The first-order chi connectivity index (χ1) is 5.12. The average Bonchev–Trinajstić information content (AvgIpc) is 1.50. The smallest absolute Gasteiger partial charge is 0.389 e. The van der Waals surface area contributed by atoms with Gasteiger partial charge in [-0.1, -0.05) is 0 Å². The molecule has 0 aromatic heterocycles. The highest BCUT2D eigenvalue weighted by Gasteiger charge is 2.62. The predicted molar refractivity (Wildman–Crippen MR) is 31.9 cm³/mol. The Morgan fingerprint density at radius 3 is 2.27 bits per heavy atom. The molecule has 4 heteroatoms. The minimum Gasteiger partial charge on any atom is -0.403 e. The third-order valence-electron chi connectivity index (χ3n) is 2.67. The van der Waals surface area contributed by atoms with Crippen LogP contribution in [-0.4, -0.2) is 12.6 Å². The molecule has 3 saturated carbocycles. The molecule has 0 unspecified atom stereocenters. The van der Waals surface area contributed by atoms with Gasteiger partial charge in [0.25, 0.3) is 0 Å². The van der Waals surface area contributed by atoms with Gasteiger partial charge in [-0.2, -0.15) is 8.78 Å². The van der Waals surface area contributed by atoms with Crippen LogP contribution in [0.2, 0.25) is 0 Å². The van der Waals surface area contributed by atoms with Gasteiger partial charge in [0.15, 0.2) is 0 Å². The van der Waals surface area contributed by atoms with E-state index >= 15 is 0 Å². The van der Waals surface area contributed by atoms with Crippen LogP contribution in [0.3, 0.4) is 0 Å². The largest absolute Gasteiger partial charge is 0.403 e. The van der Waals surface area contributed by atoms with E-state index in [0.29, 0.717) is 5.92 Å². The van der Waals surface area contributed by atoms with Gasteiger partial charge in [0.1, 0.15) is 0 Å². The Kier molecular flexibility index (Phi) is 1.23. The Morgan fingerprint density at radius 1 is 1.45 bits per heavy atom. The lowest BCUT2D eigenvalue weighted by atomic mass is 9.44. The number of esters is 1. The highest BCUT2D eigenvalue weighted by Crippen LogP contribution is 2.64. The standard InChI is InChI=1S/C7H8F2O2/c8-6(9)11-5(10)7-1-4(2-7)3-7/h4,6H,1-3H2. The van der Waals surface area contributed by atoms with E-state index in [1.54, 1.807) is 0 Å². The van der Waals surface area contributed by atoms with Gasteiger partial charge in [0, 0.05) is 0 Å². The summed E-state index contributed by atoms with van der Waals surface area (Å²) in [5.74, 6) is -0.0878.